The van der Waals surface area contributed by atoms with E-state index in [1.165, 1.54) is 20.1 Å². The number of benzene rings is 1. The van der Waals surface area contributed by atoms with E-state index >= 15 is 0 Å². The zero-order chi connectivity index (χ0) is 15.5. The topological polar surface area (TPSA) is 52.6 Å². The zero-order valence-electron chi connectivity index (χ0n) is 12.3. The Kier molecular flexibility index (Phi) is 5.17. The van der Waals surface area contributed by atoms with Gasteiger partial charge in [-0.05, 0) is 45.9 Å². The van der Waals surface area contributed by atoms with Gasteiger partial charge in [0.15, 0.2) is 5.78 Å². The molecule has 0 aliphatic rings. The maximum Gasteiger partial charge on any atom is 0.317 e. The molecule has 0 fully saturated rings. The summed E-state index contributed by atoms with van der Waals surface area (Å²) in [6.07, 6.45) is 0. The first-order valence-corrected chi connectivity index (χ1v) is 6.64. The normalized spacial score (nSPS) is 12.7. The fourth-order valence-corrected chi connectivity index (χ4v) is 1.76. The second kappa shape index (κ2) is 6.27. The number of methoxy groups -OCH3 is 1. The molecule has 0 heterocycles. The van der Waals surface area contributed by atoms with Gasteiger partial charge in [0.25, 0.3) is 0 Å². The molecule has 4 nitrogen and oxygen atoms in total. The Morgan fingerprint density at radius 1 is 1.25 bits per heavy atom. The van der Waals surface area contributed by atoms with Crippen molar-refractivity contribution in [3.05, 3.63) is 28.8 Å². The fraction of sp³-hybridized carbons (Fsp3) is 0.467. The third-order valence-electron chi connectivity index (χ3n) is 2.58. The predicted molar refractivity (Wildman–Crippen MR) is 77.3 cm³/mol. The molecule has 20 heavy (non-hydrogen) atoms. The molecule has 1 aromatic carbocycles. The molecule has 0 amide bonds. The predicted octanol–water partition coefficient (Wildman–Crippen LogP) is 3.51. The number of carbonyl (C=O) groups excluding carboxylic acids is 2. The van der Waals surface area contributed by atoms with E-state index in [1.807, 2.05) is 0 Å². The number of ether oxygens (including phenoxy) is 2. The number of hydrogen-bond donors (Lipinski definition) is 0. The Morgan fingerprint density at radius 3 is 2.35 bits per heavy atom. The molecular weight excluding hydrogens is 280 g/mol. The van der Waals surface area contributed by atoms with Crippen molar-refractivity contribution in [1.29, 1.82) is 0 Å². The Balaban J connectivity index is 2.97. The highest BCUT2D eigenvalue weighted by Crippen LogP contribution is 2.26. The average Bonchev–Trinajstić information content (AvgIpc) is 2.34. The third-order valence-corrected chi connectivity index (χ3v) is 2.82. The van der Waals surface area contributed by atoms with Crippen LogP contribution in [-0.2, 0) is 9.53 Å². The zero-order valence-corrected chi connectivity index (χ0v) is 13.1. The first-order valence-electron chi connectivity index (χ1n) is 6.26. The van der Waals surface area contributed by atoms with Gasteiger partial charge in [0.1, 0.15) is 17.3 Å². The molecule has 1 aromatic rings. The van der Waals surface area contributed by atoms with E-state index in [0.29, 0.717) is 16.3 Å². The molecule has 110 valence electrons. The van der Waals surface area contributed by atoms with E-state index in [1.54, 1.807) is 32.9 Å². The molecule has 0 bridgehead atoms. The minimum absolute atomic E-state index is 0.315. The van der Waals surface area contributed by atoms with Crippen LogP contribution in [0.1, 0.15) is 38.1 Å². The number of ketones is 1. The van der Waals surface area contributed by atoms with Crippen molar-refractivity contribution >= 4 is 23.4 Å². The first-order chi connectivity index (χ1) is 9.15. The van der Waals surface area contributed by atoms with Gasteiger partial charge >= 0.3 is 5.97 Å². The molecule has 0 aliphatic heterocycles. The van der Waals surface area contributed by atoms with Gasteiger partial charge in [0, 0.05) is 5.02 Å². The van der Waals surface area contributed by atoms with E-state index < -0.39 is 17.5 Å². The summed E-state index contributed by atoms with van der Waals surface area (Å²) in [5, 5.41) is 0.461. The third kappa shape index (κ3) is 4.23. The van der Waals surface area contributed by atoms with E-state index in [-0.39, 0.29) is 5.78 Å². The summed E-state index contributed by atoms with van der Waals surface area (Å²) in [6, 6.07) is 4.67. The maximum absolute atomic E-state index is 12.3. The van der Waals surface area contributed by atoms with Crippen molar-refractivity contribution in [1.82, 2.24) is 0 Å². The van der Waals surface area contributed by atoms with Crippen LogP contribution in [0, 0.1) is 5.92 Å². The minimum Gasteiger partial charge on any atom is -0.496 e. The lowest BCUT2D eigenvalue weighted by atomic mass is 9.98. The average molecular weight is 299 g/mol. The second-order valence-electron chi connectivity index (χ2n) is 5.46. The van der Waals surface area contributed by atoms with E-state index in [2.05, 4.69) is 0 Å². The number of carbonyl (C=O) groups is 2. The van der Waals surface area contributed by atoms with Crippen LogP contribution in [0.5, 0.6) is 5.75 Å². The lowest BCUT2D eigenvalue weighted by molar-refractivity contribution is -0.157. The summed E-state index contributed by atoms with van der Waals surface area (Å²) in [7, 11) is 1.45. The van der Waals surface area contributed by atoms with Crippen molar-refractivity contribution in [3.8, 4) is 5.75 Å². The summed E-state index contributed by atoms with van der Waals surface area (Å²) in [4.78, 5) is 24.3. The molecule has 0 aromatic heterocycles. The van der Waals surface area contributed by atoms with Gasteiger partial charge in [0.05, 0.1) is 12.7 Å². The first kappa shape index (κ1) is 16.5. The molecule has 1 unspecified atom stereocenters. The van der Waals surface area contributed by atoms with Crippen molar-refractivity contribution in [2.45, 2.75) is 33.3 Å². The Hall–Kier alpha value is -1.55. The quantitative estimate of drug-likeness (QED) is 0.485. The molecule has 0 spiro atoms. The van der Waals surface area contributed by atoms with Crippen molar-refractivity contribution < 1.29 is 19.1 Å². The van der Waals surface area contributed by atoms with Gasteiger partial charge in [-0.1, -0.05) is 11.6 Å². The van der Waals surface area contributed by atoms with Gasteiger partial charge in [-0.2, -0.15) is 0 Å². The highest BCUT2D eigenvalue weighted by atomic mass is 35.5. The number of Topliss-reactive ketones (excluding diaryl/α,β-unsaturated/α-hetero) is 1. The standard InChI is InChI=1S/C15H19ClO4/c1-9(14(18)20-15(2,3)4)13(17)11-7-6-10(16)8-12(11)19-5/h6-9H,1-5H3. The molecule has 0 aliphatic carbocycles. The van der Waals surface area contributed by atoms with E-state index in [4.69, 9.17) is 21.1 Å². The Bertz CT molecular complexity index is 517. The van der Waals surface area contributed by atoms with E-state index in [9.17, 15) is 9.59 Å². The highest BCUT2D eigenvalue weighted by molar-refractivity contribution is 6.31. The van der Waals surface area contributed by atoms with Gasteiger partial charge < -0.3 is 9.47 Å². The van der Waals surface area contributed by atoms with Gasteiger partial charge in [-0.3, -0.25) is 9.59 Å². The maximum atomic E-state index is 12.3. The lowest BCUT2D eigenvalue weighted by Gasteiger charge is -2.22. The summed E-state index contributed by atoms with van der Waals surface area (Å²) >= 11 is 5.85. The molecular formula is C15H19ClO4. The van der Waals surface area contributed by atoms with E-state index in [0.717, 1.165) is 0 Å². The van der Waals surface area contributed by atoms with Crippen molar-refractivity contribution in [3.63, 3.8) is 0 Å². The lowest BCUT2D eigenvalue weighted by Crippen LogP contribution is -2.31. The SMILES string of the molecule is COc1cc(Cl)ccc1C(=O)C(C)C(=O)OC(C)(C)C. The summed E-state index contributed by atoms with van der Waals surface area (Å²) in [5.41, 5.74) is -0.314. The molecule has 5 heteroatoms. The van der Waals surface area contributed by atoms with Crippen LogP contribution < -0.4 is 4.74 Å². The summed E-state index contributed by atoms with van der Waals surface area (Å²) in [5.74, 6) is -1.46. The smallest absolute Gasteiger partial charge is 0.317 e. The molecule has 0 N–H and O–H groups in total. The highest BCUT2D eigenvalue weighted by Gasteiger charge is 2.29. The number of hydrogen-bond acceptors (Lipinski definition) is 4. The van der Waals surface area contributed by atoms with Crippen LogP contribution in [0.2, 0.25) is 5.02 Å². The molecule has 0 radical (unpaired) electrons. The molecule has 1 atom stereocenters. The number of esters is 1. The number of rotatable bonds is 4. The monoisotopic (exact) mass is 298 g/mol. The van der Waals surface area contributed by atoms with Crippen molar-refractivity contribution in [2.75, 3.05) is 7.11 Å². The Labute approximate surface area is 124 Å². The molecule has 0 saturated carbocycles. The van der Waals surface area contributed by atoms with Crippen LogP contribution >= 0.6 is 11.6 Å². The van der Waals surface area contributed by atoms with Crippen LogP contribution in [0.4, 0.5) is 0 Å². The summed E-state index contributed by atoms with van der Waals surface area (Å²) < 4.78 is 10.3. The van der Waals surface area contributed by atoms with Gasteiger partial charge in [-0.25, -0.2) is 0 Å². The Morgan fingerprint density at radius 2 is 1.85 bits per heavy atom. The van der Waals surface area contributed by atoms with Crippen LogP contribution in [0.15, 0.2) is 18.2 Å². The molecule has 1 rings (SSSR count). The fourth-order valence-electron chi connectivity index (χ4n) is 1.60. The van der Waals surface area contributed by atoms with Gasteiger partial charge in [0.2, 0.25) is 0 Å². The largest absolute Gasteiger partial charge is 0.496 e. The van der Waals surface area contributed by atoms with Gasteiger partial charge in [-0.15, -0.1) is 0 Å². The van der Waals surface area contributed by atoms with Crippen LogP contribution in [0.3, 0.4) is 0 Å². The van der Waals surface area contributed by atoms with Crippen molar-refractivity contribution in [2.24, 2.45) is 5.92 Å². The second-order valence-corrected chi connectivity index (χ2v) is 5.90. The number of halogens is 1. The van der Waals surface area contributed by atoms with Crippen LogP contribution in [0.25, 0.3) is 0 Å². The molecule has 0 saturated heterocycles. The van der Waals surface area contributed by atoms with Crippen LogP contribution in [-0.4, -0.2) is 24.5 Å². The minimum atomic E-state index is -0.899. The summed E-state index contributed by atoms with van der Waals surface area (Å²) in [6.45, 7) is 6.78.